The lowest BCUT2D eigenvalue weighted by atomic mass is 10.1. The van der Waals surface area contributed by atoms with Gasteiger partial charge in [0.15, 0.2) is 0 Å². The van der Waals surface area contributed by atoms with Crippen LogP contribution in [0.2, 0.25) is 0 Å². The number of sulfonamides is 1. The van der Waals surface area contributed by atoms with E-state index in [2.05, 4.69) is 10.6 Å². The predicted octanol–water partition coefficient (Wildman–Crippen LogP) is -1.36. The van der Waals surface area contributed by atoms with Gasteiger partial charge in [-0.05, 0) is 12.3 Å². The Morgan fingerprint density at radius 2 is 2.00 bits per heavy atom. The SMILES string of the molecule is CC[C@@H]1CC1(NC(=O)[C@@H]1C[C@@H](OC(C)=O)CN1)C(=O)NS(C)(=O)=O. The van der Waals surface area contributed by atoms with Crippen LogP contribution in [0, 0.1) is 5.92 Å². The molecular formula is C14H23N3O6S. The summed E-state index contributed by atoms with van der Waals surface area (Å²) in [6.45, 7) is 3.53. The summed E-state index contributed by atoms with van der Waals surface area (Å²) >= 11 is 0. The molecule has 1 saturated heterocycles. The molecule has 24 heavy (non-hydrogen) atoms. The maximum atomic E-state index is 12.4. The molecule has 9 nitrogen and oxygen atoms in total. The van der Waals surface area contributed by atoms with Gasteiger partial charge in [-0.15, -0.1) is 0 Å². The summed E-state index contributed by atoms with van der Waals surface area (Å²) in [5, 5.41) is 5.63. The fraction of sp³-hybridized carbons (Fsp3) is 0.786. The van der Waals surface area contributed by atoms with Gasteiger partial charge in [0.25, 0.3) is 5.91 Å². The number of amides is 2. The molecule has 1 saturated carbocycles. The number of hydrogen-bond donors (Lipinski definition) is 3. The van der Waals surface area contributed by atoms with Gasteiger partial charge in [-0.25, -0.2) is 8.42 Å². The Balaban J connectivity index is 2.00. The standard InChI is InChI=1S/C14H23N3O6S/c1-4-9-6-14(9,13(20)17-24(3,21)22)16-12(19)11-5-10(7-15-11)23-8(2)18/h9-11,15H,4-7H2,1-3H3,(H,16,19)(H,17,20)/t9-,10-,11+,14?/m1/s1. The molecule has 0 spiro atoms. The summed E-state index contributed by atoms with van der Waals surface area (Å²) in [6.07, 6.45) is 1.86. The van der Waals surface area contributed by atoms with Crippen molar-refractivity contribution in [3.05, 3.63) is 0 Å². The third-order valence-corrected chi connectivity index (χ3v) is 4.92. The van der Waals surface area contributed by atoms with Crippen LogP contribution >= 0.6 is 0 Å². The van der Waals surface area contributed by atoms with E-state index in [1.807, 2.05) is 11.6 Å². The van der Waals surface area contributed by atoms with Gasteiger partial charge >= 0.3 is 5.97 Å². The van der Waals surface area contributed by atoms with Crippen LogP contribution in [0.15, 0.2) is 0 Å². The summed E-state index contributed by atoms with van der Waals surface area (Å²) in [5.41, 5.74) is -1.18. The number of carbonyl (C=O) groups is 3. The average molecular weight is 361 g/mol. The van der Waals surface area contributed by atoms with E-state index in [0.717, 1.165) is 6.26 Å². The number of carbonyl (C=O) groups excluding carboxylic acids is 3. The molecule has 136 valence electrons. The van der Waals surface area contributed by atoms with Crippen molar-refractivity contribution in [1.82, 2.24) is 15.4 Å². The molecule has 1 aliphatic carbocycles. The summed E-state index contributed by atoms with van der Waals surface area (Å²) in [7, 11) is -3.70. The van der Waals surface area contributed by atoms with E-state index < -0.39 is 39.4 Å². The lowest BCUT2D eigenvalue weighted by molar-refractivity contribution is -0.145. The van der Waals surface area contributed by atoms with Crippen LogP contribution in [-0.4, -0.2) is 56.7 Å². The quantitative estimate of drug-likeness (QED) is 0.498. The Bertz CT molecular complexity index is 649. The minimum Gasteiger partial charge on any atom is -0.461 e. The molecule has 2 aliphatic rings. The van der Waals surface area contributed by atoms with E-state index >= 15 is 0 Å². The number of hydrogen-bond acceptors (Lipinski definition) is 7. The number of ether oxygens (including phenoxy) is 1. The number of nitrogens with one attached hydrogen (secondary N) is 3. The Labute approximate surface area is 140 Å². The fourth-order valence-corrected chi connectivity index (χ4v) is 3.62. The van der Waals surface area contributed by atoms with Gasteiger partial charge < -0.3 is 15.4 Å². The van der Waals surface area contributed by atoms with Crippen LogP contribution in [0.3, 0.4) is 0 Å². The smallest absolute Gasteiger partial charge is 0.302 e. The zero-order valence-electron chi connectivity index (χ0n) is 13.9. The third-order valence-electron chi connectivity index (χ3n) is 4.37. The molecule has 2 amide bonds. The lowest BCUT2D eigenvalue weighted by Crippen LogP contribution is -2.55. The maximum Gasteiger partial charge on any atom is 0.302 e. The Morgan fingerprint density at radius 3 is 2.50 bits per heavy atom. The minimum atomic E-state index is -3.70. The number of esters is 1. The van der Waals surface area contributed by atoms with E-state index in [-0.39, 0.29) is 12.0 Å². The zero-order chi connectivity index (χ0) is 18.1. The van der Waals surface area contributed by atoms with Crippen molar-refractivity contribution in [3.63, 3.8) is 0 Å². The molecule has 0 aromatic heterocycles. The highest BCUT2D eigenvalue weighted by molar-refractivity contribution is 7.89. The summed E-state index contributed by atoms with van der Waals surface area (Å²) in [5.74, 6) is -1.63. The van der Waals surface area contributed by atoms with E-state index in [1.165, 1.54) is 6.92 Å². The molecule has 0 aromatic carbocycles. The van der Waals surface area contributed by atoms with E-state index in [1.54, 1.807) is 0 Å². The van der Waals surface area contributed by atoms with Gasteiger partial charge in [-0.2, -0.15) is 0 Å². The van der Waals surface area contributed by atoms with E-state index in [4.69, 9.17) is 4.74 Å². The van der Waals surface area contributed by atoms with Crippen LogP contribution < -0.4 is 15.4 Å². The average Bonchev–Trinajstić information content (AvgIpc) is 2.96. The van der Waals surface area contributed by atoms with Crippen molar-refractivity contribution in [3.8, 4) is 0 Å². The van der Waals surface area contributed by atoms with Gasteiger partial charge in [0.2, 0.25) is 15.9 Å². The monoisotopic (exact) mass is 361 g/mol. The highest BCUT2D eigenvalue weighted by Gasteiger charge is 2.61. The molecule has 2 rings (SSSR count). The Hall–Kier alpha value is -1.68. The van der Waals surface area contributed by atoms with Gasteiger partial charge in [0, 0.05) is 19.9 Å². The van der Waals surface area contributed by atoms with E-state index in [0.29, 0.717) is 25.8 Å². The first-order chi connectivity index (χ1) is 11.1. The molecule has 4 atom stereocenters. The first-order valence-corrected chi connectivity index (χ1v) is 9.71. The molecule has 0 bridgehead atoms. The topological polar surface area (TPSA) is 131 Å². The first-order valence-electron chi connectivity index (χ1n) is 7.82. The van der Waals surface area contributed by atoms with Gasteiger partial charge in [-0.1, -0.05) is 13.3 Å². The Morgan fingerprint density at radius 1 is 1.33 bits per heavy atom. The molecule has 3 N–H and O–H groups in total. The molecule has 1 heterocycles. The van der Waals surface area contributed by atoms with Crippen LogP contribution in [-0.2, 0) is 29.1 Å². The Kier molecular flexibility index (Phi) is 5.19. The van der Waals surface area contributed by atoms with Crippen LogP contribution in [0.25, 0.3) is 0 Å². The molecule has 1 unspecified atom stereocenters. The van der Waals surface area contributed by atoms with Crippen molar-refractivity contribution in [2.45, 2.75) is 50.8 Å². The summed E-state index contributed by atoms with van der Waals surface area (Å²) in [4.78, 5) is 35.7. The summed E-state index contributed by atoms with van der Waals surface area (Å²) < 4.78 is 29.6. The minimum absolute atomic E-state index is 0.103. The van der Waals surface area contributed by atoms with Crippen LogP contribution in [0.1, 0.15) is 33.1 Å². The van der Waals surface area contributed by atoms with Gasteiger partial charge in [0.05, 0.1) is 12.3 Å². The second-order valence-electron chi connectivity index (χ2n) is 6.40. The second kappa shape index (κ2) is 6.67. The molecule has 1 aliphatic heterocycles. The first kappa shape index (κ1) is 18.7. The lowest BCUT2D eigenvalue weighted by Gasteiger charge is -2.21. The van der Waals surface area contributed by atoms with Gasteiger partial charge in [0.1, 0.15) is 11.6 Å². The van der Waals surface area contributed by atoms with Crippen LogP contribution in [0.4, 0.5) is 0 Å². The largest absolute Gasteiger partial charge is 0.461 e. The van der Waals surface area contributed by atoms with Crippen molar-refractivity contribution in [1.29, 1.82) is 0 Å². The third kappa shape index (κ3) is 4.23. The highest BCUT2D eigenvalue weighted by atomic mass is 32.2. The predicted molar refractivity (Wildman–Crippen MR) is 84.2 cm³/mol. The van der Waals surface area contributed by atoms with Crippen molar-refractivity contribution >= 4 is 27.8 Å². The molecule has 0 aromatic rings. The second-order valence-corrected chi connectivity index (χ2v) is 8.15. The molecule has 0 radical (unpaired) electrons. The molecule has 10 heteroatoms. The molecule has 2 fully saturated rings. The van der Waals surface area contributed by atoms with Crippen molar-refractivity contribution in [2.24, 2.45) is 5.92 Å². The normalized spacial score (nSPS) is 32.0. The zero-order valence-corrected chi connectivity index (χ0v) is 14.7. The van der Waals surface area contributed by atoms with E-state index in [9.17, 15) is 22.8 Å². The number of rotatable bonds is 6. The van der Waals surface area contributed by atoms with Crippen LogP contribution in [0.5, 0.6) is 0 Å². The fourth-order valence-electron chi connectivity index (χ4n) is 3.10. The van der Waals surface area contributed by atoms with Crippen molar-refractivity contribution in [2.75, 3.05) is 12.8 Å². The van der Waals surface area contributed by atoms with Gasteiger partial charge in [-0.3, -0.25) is 19.1 Å². The molecular weight excluding hydrogens is 338 g/mol. The van der Waals surface area contributed by atoms with Crippen molar-refractivity contribution < 1.29 is 27.5 Å². The maximum absolute atomic E-state index is 12.4. The highest BCUT2D eigenvalue weighted by Crippen LogP contribution is 2.46. The summed E-state index contributed by atoms with van der Waals surface area (Å²) in [6, 6.07) is -0.588.